The number of carbonyl (C=O) groups excluding carboxylic acids is 2. The highest BCUT2D eigenvalue weighted by Gasteiger charge is 2.26. The van der Waals surface area contributed by atoms with E-state index >= 15 is 0 Å². The Labute approximate surface area is 100 Å². The number of primary amides is 1. The van der Waals surface area contributed by atoms with E-state index < -0.39 is 0 Å². The molecule has 2 N–H and O–H groups in total. The lowest BCUT2D eigenvalue weighted by molar-refractivity contribution is -0.121. The van der Waals surface area contributed by atoms with Gasteiger partial charge in [-0.05, 0) is 37.6 Å². The van der Waals surface area contributed by atoms with Gasteiger partial charge in [0.05, 0.1) is 5.92 Å². The van der Waals surface area contributed by atoms with E-state index in [4.69, 9.17) is 5.73 Å². The molecule has 0 spiro atoms. The summed E-state index contributed by atoms with van der Waals surface area (Å²) in [6.07, 6.45) is 0.809. The molecule has 1 saturated heterocycles. The number of amides is 1. The molecule has 0 aliphatic carbocycles. The van der Waals surface area contributed by atoms with Crippen molar-refractivity contribution in [1.29, 1.82) is 0 Å². The third-order valence-corrected chi connectivity index (χ3v) is 3.23. The average molecular weight is 232 g/mol. The lowest BCUT2D eigenvalue weighted by Crippen LogP contribution is -2.27. The Kier molecular flexibility index (Phi) is 3.13. The van der Waals surface area contributed by atoms with Crippen LogP contribution in [0.2, 0.25) is 0 Å². The van der Waals surface area contributed by atoms with Gasteiger partial charge >= 0.3 is 0 Å². The summed E-state index contributed by atoms with van der Waals surface area (Å²) in [5.74, 6) is -0.219. The first-order valence-corrected chi connectivity index (χ1v) is 5.73. The SMILES string of the molecule is CC(=O)c1ccc(N2CCC(C(N)=O)C2)cc1. The maximum atomic E-state index is 11.1. The van der Waals surface area contributed by atoms with Crippen LogP contribution in [-0.4, -0.2) is 24.8 Å². The molecule has 2 rings (SSSR count). The summed E-state index contributed by atoms with van der Waals surface area (Å²) >= 11 is 0. The van der Waals surface area contributed by atoms with E-state index in [1.54, 1.807) is 6.92 Å². The summed E-state index contributed by atoms with van der Waals surface area (Å²) in [6, 6.07) is 7.46. The second-order valence-corrected chi connectivity index (χ2v) is 4.44. The minimum atomic E-state index is -0.229. The third kappa shape index (κ3) is 2.46. The Morgan fingerprint density at radius 1 is 1.29 bits per heavy atom. The van der Waals surface area contributed by atoms with E-state index in [0.29, 0.717) is 12.1 Å². The highest BCUT2D eigenvalue weighted by Crippen LogP contribution is 2.23. The zero-order chi connectivity index (χ0) is 12.4. The molecule has 4 nitrogen and oxygen atoms in total. The van der Waals surface area contributed by atoms with Gasteiger partial charge in [-0.1, -0.05) is 0 Å². The molecule has 1 aromatic rings. The highest BCUT2D eigenvalue weighted by atomic mass is 16.1. The van der Waals surface area contributed by atoms with E-state index in [0.717, 1.165) is 18.7 Å². The number of rotatable bonds is 3. The van der Waals surface area contributed by atoms with Crippen molar-refractivity contribution in [3.8, 4) is 0 Å². The summed E-state index contributed by atoms with van der Waals surface area (Å²) in [7, 11) is 0. The lowest BCUT2D eigenvalue weighted by atomic mass is 10.1. The van der Waals surface area contributed by atoms with Crippen LogP contribution in [0.15, 0.2) is 24.3 Å². The largest absolute Gasteiger partial charge is 0.371 e. The van der Waals surface area contributed by atoms with Crippen LogP contribution in [0.4, 0.5) is 5.69 Å². The fourth-order valence-corrected chi connectivity index (χ4v) is 2.13. The molecule has 1 aliphatic rings. The number of nitrogens with zero attached hydrogens (tertiary/aromatic N) is 1. The van der Waals surface area contributed by atoms with Crippen molar-refractivity contribution in [2.75, 3.05) is 18.0 Å². The molecule has 90 valence electrons. The molecular formula is C13H16N2O2. The third-order valence-electron chi connectivity index (χ3n) is 3.23. The van der Waals surface area contributed by atoms with Crippen LogP contribution in [0.5, 0.6) is 0 Å². The standard InChI is InChI=1S/C13H16N2O2/c1-9(16)10-2-4-12(5-3-10)15-7-6-11(8-15)13(14)17/h2-5,11H,6-8H2,1H3,(H2,14,17). The fraction of sp³-hybridized carbons (Fsp3) is 0.385. The van der Waals surface area contributed by atoms with Gasteiger partial charge in [-0.25, -0.2) is 0 Å². The van der Waals surface area contributed by atoms with Crippen LogP contribution in [0.3, 0.4) is 0 Å². The van der Waals surface area contributed by atoms with Gasteiger partial charge in [-0.2, -0.15) is 0 Å². The number of hydrogen-bond acceptors (Lipinski definition) is 3. The second-order valence-electron chi connectivity index (χ2n) is 4.44. The fourth-order valence-electron chi connectivity index (χ4n) is 2.13. The highest BCUT2D eigenvalue weighted by molar-refractivity contribution is 5.94. The molecule has 0 bridgehead atoms. The van der Waals surface area contributed by atoms with Crippen LogP contribution < -0.4 is 10.6 Å². The smallest absolute Gasteiger partial charge is 0.222 e. The molecular weight excluding hydrogens is 216 g/mol. The van der Waals surface area contributed by atoms with E-state index in [2.05, 4.69) is 4.90 Å². The molecule has 17 heavy (non-hydrogen) atoms. The molecule has 1 unspecified atom stereocenters. The van der Waals surface area contributed by atoms with Crippen LogP contribution in [0.25, 0.3) is 0 Å². The van der Waals surface area contributed by atoms with Crippen molar-refractivity contribution < 1.29 is 9.59 Å². The van der Waals surface area contributed by atoms with Gasteiger partial charge in [0, 0.05) is 24.3 Å². The molecule has 1 atom stereocenters. The van der Waals surface area contributed by atoms with Gasteiger partial charge in [-0.3, -0.25) is 9.59 Å². The molecule has 1 aliphatic heterocycles. The lowest BCUT2D eigenvalue weighted by Gasteiger charge is -2.18. The van der Waals surface area contributed by atoms with E-state index in [9.17, 15) is 9.59 Å². The first-order valence-electron chi connectivity index (χ1n) is 5.73. The van der Waals surface area contributed by atoms with Crippen molar-refractivity contribution in [2.45, 2.75) is 13.3 Å². The average Bonchev–Trinajstić information content (AvgIpc) is 2.78. The van der Waals surface area contributed by atoms with E-state index in [1.165, 1.54) is 0 Å². The molecule has 0 saturated carbocycles. The number of anilines is 1. The van der Waals surface area contributed by atoms with Gasteiger partial charge < -0.3 is 10.6 Å². The summed E-state index contributed by atoms with van der Waals surface area (Å²) in [5, 5.41) is 0. The quantitative estimate of drug-likeness (QED) is 0.796. The maximum Gasteiger partial charge on any atom is 0.222 e. The molecule has 0 radical (unpaired) electrons. The van der Waals surface area contributed by atoms with Crippen molar-refractivity contribution in [3.05, 3.63) is 29.8 Å². The van der Waals surface area contributed by atoms with Gasteiger partial charge in [0.15, 0.2) is 5.78 Å². The first-order chi connectivity index (χ1) is 8.08. The molecule has 1 aromatic carbocycles. The first kappa shape index (κ1) is 11.6. The molecule has 4 heteroatoms. The monoisotopic (exact) mass is 232 g/mol. The Hall–Kier alpha value is -1.84. The number of nitrogens with two attached hydrogens (primary N) is 1. The van der Waals surface area contributed by atoms with Gasteiger partial charge in [0.25, 0.3) is 0 Å². The van der Waals surface area contributed by atoms with Crippen molar-refractivity contribution in [1.82, 2.24) is 0 Å². The number of carbonyl (C=O) groups is 2. The number of ketones is 1. The second kappa shape index (κ2) is 4.57. The number of benzene rings is 1. The van der Waals surface area contributed by atoms with E-state index in [-0.39, 0.29) is 17.6 Å². The molecule has 0 aromatic heterocycles. The minimum absolute atomic E-state index is 0.0533. The van der Waals surface area contributed by atoms with Gasteiger partial charge in [0.2, 0.25) is 5.91 Å². The Balaban J connectivity index is 2.09. The molecule has 1 amide bonds. The normalized spacial score (nSPS) is 19.4. The summed E-state index contributed by atoms with van der Waals surface area (Å²) < 4.78 is 0. The van der Waals surface area contributed by atoms with E-state index in [1.807, 2.05) is 24.3 Å². The summed E-state index contributed by atoms with van der Waals surface area (Å²) in [6.45, 7) is 3.07. The van der Waals surface area contributed by atoms with Crippen molar-refractivity contribution in [3.63, 3.8) is 0 Å². The Morgan fingerprint density at radius 2 is 1.94 bits per heavy atom. The van der Waals surface area contributed by atoms with Crippen LogP contribution in [0, 0.1) is 5.92 Å². The topological polar surface area (TPSA) is 63.4 Å². The molecule has 1 fully saturated rings. The number of hydrogen-bond donors (Lipinski definition) is 1. The van der Waals surface area contributed by atoms with Gasteiger partial charge in [-0.15, -0.1) is 0 Å². The minimum Gasteiger partial charge on any atom is -0.371 e. The van der Waals surface area contributed by atoms with Crippen molar-refractivity contribution >= 4 is 17.4 Å². The number of Topliss-reactive ketones (excluding diaryl/α,β-unsaturated/α-hetero) is 1. The predicted octanol–water partition coefficient (Wildman–Crippen LogP) is 1.20. The summed E-state index contributed by atoms with van der Waals surface area (Å²) in [5.41, 5.74) is 7.04. The molecule has 1 heterocycles. The zero-order valence-electron chi connectivity index (χ0n) is 9.85. The maximum absolute atomic E-state index is 11.1. The van der Waals surface area contributed by atoms with Crippen LogP contribution in [-0.2, 0) is 4.79 Å². The van der Waals surface area contributed by atoms with Crippen molar-refractivity contribution in [2.24, 2.45) is 11.7 Å². The van der Waals surface area contributed by atoms with Gasteiger partial charge in [0.1, 0.15) is 0 Å². The zero-order valence-corrected chi connectivity index (χ0v) is 9.85. The Bertz CT molecular complexity index is 439. The predicted molar refractivity (Wildman–Crippen MR) is 66.0 cm³/mol. The summed E-state index contributed by atoms with van der Waals surface area (Å²) in [4.78, 5) is 24.3. The van der Waals surface area contributed by atoms with Crippen LogP contribution >= 0.6 is 0 Å². The van der Waals surface area contributed by atoms with Crippen LogP contribution in [0.1, 0.15) is 23.7 Å². The Morgan fingerprint density at radius 3 is 2.41 bits per heavy atom.